The first kappa shape index (κ1) is 19.5. The first-order valence-corrected chi connectivity index (χ1v) is 9.38. The lowest BCUT2D eigenvalue weighted by Gasteiger charge is -2.15. The van der Waals surface area contributed by atoms with Crippen molar-refractivity contribution in [1.29, 1.82) is 0 Å². The summed E-state index contributed by atoms with van der Waals surface area (Å²) in [5.41, 5.74) is 6.17. The number of hydrogen-bond donors (Lipinski definition) is 1. The maximum atomic E-state index is 12.7. The van der Waals surface area contributed by atoms with Crippen LogP contribution >= 0.6 is 11.3 Å². The van der Waals surface area contributed by atoms with Gasteiger partial charge in [0.05, 0.1) is 10.6 Å². The van der Waals surface area contributed by atoms with Crippen LogP contribution in [0.2, 0.25) is 0 Å². The van der Waals surface area contributed by atoms with E-state index in [4.69, 9.17) is 5.73 Å². The van der Waals surface area contributed by atoms with Gasteiger partial charge in [0.2, 0.25) is 0 Å². The zero-order valence-electron chi connectivity index (χ0n) is 15.6. The van der Waals surface area contributed by atoms with Gasteiger partial charge in [-0.1, -0.05) is 26.0 Å². The number of hydrogen-bond acceptors (Lipinski definition) is 7. The minimum Gasteiger partial charge on any atom is -0.384 e. The van der Waals surface area contributed by atoms with E-state index in [-0.39, 0.29) is 23.0 Å². The molecular weight excluding hydrogens is 382 g/mol. The summed E-state index contributed by atoms with van der Waals surface area (Å²) >= 11 is 1.24. The largest absolute Gasteiger partial charge is 0.384 e. The topological polar surface area (TPSA) is 126 Å². The number of rotatable bonds is 5. The van der Waals surface area contributed by atoms with E-state index < -0.39 is 16.2 Å². The molecule has 0 amide bonds. The molecule has 1 aromatic carbocycles. The van der Waals surface area contributed by atoms with Crippen LogP contribution in [0.4, 0.5) is 11.5 Å². The Morgan fingerprint density at radius 1 is 1.32 bits per heavy atom. The maximum Gasteiger partial charge on any atom is 0.332 e. The van der Waals surface area contributed by atoms with Crippen LogP contribution in [0.15, 0.2) is 39.2 Å². The van der Waals surface area contributed by atoms with Crippen molar-refractivity contribution >= 4 is 22.8 Å². The SMILES string of the molecule is CC(C)Cn1c(N)c(-c2csc(-c3cccc([N+](=O)[O-])c3)n2)c(=O)n(C)c1=O. The minimum atomic E-state index is -0.529. The molecule has 2 N–H and O–H groups in total. The molecule has 10 heteroatoms. The molecule has 0 aliphatic carbocycles. The van der Waals surface area contributed by atoms with Crippen molar-refractivity contribution in [3.05, 3.63) is 60.6 Å². The molecule has 0 radical (unpaired) electrons. The van der Waals surface area contributed by atoms with E-state index in [1.165, 1.54) is 35.1 Å². The predicted molar refractivity (Wildman–Crippen MR) is 108 cm³/mol. The summed E-state index contributed by atoms with van der Waals surface area (Å²) in [6.45, 7) is 4.26. The fourth-order valence-electron chi connectivity index (χ4n) is 2.84. The number of nitrogen functional groups attached to an aromatic ring is 1. The van der Waals surface area contributed by atoms with Crippen LogP contribution in [0.25, 0.3) is 21.8 Å². The minimum absolute atomic E-state index is 0.0461. The van der Waals surface area contributed by atoms with Gasteiger partial charge in [-0.05, 0) is 5.92 Å². The van der Waals surface area contributed by atoms with E-state index >= 15 is 0 Å². The predicted octanol–water partition coefficient (Wildman–Crippen LogP) is 2.48. The first-order chi connectivity index (χ1) is 13.2. The molecule has 3 aromatic rings. The van der Waals surface area contributed by atoms with Gasteiger partial charge in [0.1, 0.15) is 16.4 Å². The van der Waals surface area contributed by atoms with Gasteiger partial charge in [-0.15, -0.1) is 11.3 Å². The van der Waals surface area contributed by atoms with Crippen LogP contribution in [-0.2, 0) is 13.6 Å². The number of non-ortho nitro benzene ring substituents is 1. The Hall–Kier alpha value is -3.27. The third-order valence-corrected chi connectivity index (χ3v) is 5.09. The molecule has 2 aromatic heterocycles. The molecule has 0 unspecified atom stereocenters. The second kappa shape index (κ2) is 7.39. The number of benzene rings is 1. The smallest absolute Gasteiger partial charge is 0.332 e. The molecule has 146 valence electrons. The van der Waals surface area contributed by atoms with Crippen molar-refractivity contribution in [2.75, 3.05) is 5.73 Å². The van der Waals surface area contributed by atoms with Crippen LogP contribution in [0.5, 0.6) is 0 Å². The number of nitrogens with zero attached hydrogens (tertiary/aromatic N) is 4. The number of aromatic nitrogens is 3. The number of nitro groups is 1. The lowest BCUT2D eigenvalue weighted by Crippen LogP contribution is -2.41. The molecule has 0 bridgehead atoms. The quantitative estimate of drug-likeness (QED) is 0.517. The Labute approximate surface area is 163 Å². The highest BCUT2D eigenvalue weighted by molar-refractivity contribution is 7.13. The summed E-state index contributed by atoms with van der Waals surface area (Å²) in [4.78, 5) is 40.1. The van der Waals surface area contributed by atoms with E-state index in [1.54, 1.807) is 17.5 Å². The molecule has 0 spiro atoms. The van der Waals surface area contributed by atoms with E-state index in [1.807, 2.05) is 13.8 Å². The highest BCUT2D eigenvalue weighted by Gasteiger charge is 2.20. The number of anilines is 1. The van der Waals surface area contributed by atoms with Gasteiger partial charge < -0.3 is 5.73 Å². The monoisotopic (exact) mass is 401 g/mol. The first-order valence-electron chi connectivity index (χ1n) is 8.50. The van der Waals surface area contributed by atoms with Gasteiger partial charge in [-0.25, -0.2) is 9.78 Å². The second-order valence-corrected chi connectivity index (χ2v) is 7.61. The Balaban J connectivity index is 2.15. The van der Waals surface area contributed by atoms with Crippen molar-refractivity contribution in [2.24, 2.45) is 13.0 Å². The van der Waals surface area contributed by atoms with Crippen LogP contribution in [0.3, 0.4) is 0 Å². The van der Waals surface area contributed by atoms with E-state index in [9.17, 15) is 19.7 Å². The van der Waals surface area contributed by atoms with E-state index in [2.05, 4.69) is 4.98 Å². The average molecular weight is 401 g/mol. The fourth-order valence-corrected chi connectivity index (χ4v) is 3.65. The lowest BCUT2D eigenvalue weighted by molar-refractivity contribution is -0.384. The molecule has 28 heavy (non-hydrogen) atoms. The van der Waals surface area contributed by atoms with Gasteiger partial charge in [-0.3, -0.25) is 24.0 Å². The van der Waals surface area contributed by atoms with Crippen LogP contribution in [-0.4, -0.2) is 19.0 Å². The van der Waals surface area contributed by atoms with Gasteiger partial charge >= 0.3 is 5.69 Å². The van der Waals surface area contributed by atoms with Crippen LogP contribution in [0.1, 0.15) is 13.8 Å². The number of thiazole rings is 1. The zero-order chi connectivity index (χ0) is 20.6. The Kier molecular flexibility index (Phi) is 5.14. The van der Waals surface area contributed by atoms with E-state index in [0.29, 0.717) is 22.8 Å². The molecule has 0 aliphatic rings. The zero-order valence-corrected chi connectivity index (χ0v) is 16.4. The maximum absolute atomic E-state index is 12.7. The normalized spacial score (nSPS) is 11.1. The Morgan fingerprint density at radius 2 is 2.04 bits per heavy atom. The van der Waals surface area contributed by atoms with Crippen molar-refractivity contribution in [3.63, 3.8) is 0 Å². The van der Waals surface area contributed by atoms with Crippen LogP contribution < -0.4 is 17.0 Å². The molecule has 9 nitrogen and oxygen atoms in total. The standard InChI is InChI=1S/C18H19N5O4S/c1-10(2)8-22-15(19)14(17(24)21(3)18(22)25)13-9-28-16(20-13)11-5-4-6-12(7-11)23(26)27/h4-7,9-10H,8,19H2,1-3H3. The van der Waals surface area contributed by atoms with Gasteiger partial charge in [0, 0.05) is 36.7 Å². The Bertz CT molecular complexity index is 1180. The molecule has 0 saturated carbocycles. The summed E-state index contributed by atoms with van der Waals surface area (Å²) in [7, 11) is 1.40. The third-order valence-electron chi connectivity index (χ3n) is 4.20. The van der Waals surface area contributed by atoms with Crippen molar-refractivity contribution in [3.8, 4) is 21.8 Å². The van der Waals surface area contributed by atoms with Crippen LogP contribution in [0, 0.1) is 16.0 Å². The number of nitrogens with two attached hydrogens (primary N) is 1. The van der Waals surface area contributed by atoms with Gasteiger partial charge in [0.15, 0.2) is 0 Å². The van der Waals surface area contributed by atoms with E-state index in [0.717, 1.165) is 4.57 Å². The van der Waals surface area contributed by atoms with Gasteiger partial charge in [0.25, 0.3) is 11.2 Å². The molecule has 0 fully saturated rings. The lowest BCUT2D eigenvalue weighted by atomic mass is 10.2. The summed E-state index contributed by atoms with van der Waals surface area (Å²) in [5.74, 6) is 0.221. The molecule has 2 heterocycles. The summed E-state index contributed by atoms with van der Waals surface area (Å²) in [5, 5.41) is 13.2. The summed E-state index contributed by atoms with van der Waals surface area (Å²) < 4.78 is 2.38. The number of nitro benzene ring substituents is 1. The summed E-state index contributed by atoms with van der Waals surface area (Å²) in [6, 6.07) is 6.10. The molecule has 0 saturated heterocycles. The van der Waals surface area contributed by atoms with Crippen molar-refractivity contribution in [1.82, 2.24) is 14.1 Å². The molecular formula is C18H19N5O4S. The van der Waals surface area contributed by atoms with Gasteiger partial charge in [-0.2, -0.15) is 0 Å². The highest BCUT2D eigenvalue weighted by Crippen LogP contribution is 2.31. The molecule has 0 aliphatic heterocycles. The molecule has 0 atom stereocenters. The summed E-state index contributed by atoms with van der Waals surface area (Å²) in [6.07, 6.45) is 0. The van der Waals surface area contributed by atoms with Crippen molar-refractivity contribution in [2.45, 2.75) is 20.4 Å². The Morgan fingerprint density at radius 3 is 2.68 bits per heavy atom. The van der Waals surface area contributed by atoms with Crippen molar-refractivity contribution < 1.29 is 4.92 Å². The highest BCUT2D eigenvalue weighted by atomic mass is 32.1. The average Bonchev–Trinajstić information content (AvgIpc) is 3.13. The second-order valence-electron chi connectivity index (χ2n) is 6.76. The molecule has 3 rings (SSSR count). The fraction of sp³-hybridized carbons (Fsp3) is 0.278. The third kappa shape index (κ3) is 3.46.